The molecule has 0 radical (unpaired) electrons. The van der Waals surface area contributed by atoms with Gasteiger partial charge < -0.3 is 5.32 Å². The van der Waals surface area contributed by atoms with Crippen molar-refractivity contribution in [2.24, 2.45) is 5.41 Å². The first kappa shape index (κ1) is 12.8. The lowest BCUT2D eigenvalue weighted by Gasteiger charge is -2.37. The third-order valence-electron chi connectivity index (χ3n) is 3.32. The van der Waals surface area contributed by atoms with E-state index in [0.29, 0.717) is 5.88 Å². The highest BCUT2D eigenvalue weighted by molar-refractivity contribution is 6.19. The van der Waals surface area contributed by atoms with E-state index in [9.17, 15) is 4.79 Å². The molecular formula is C12H22ClNO. The fraction of sp³-hybridized carbons (Fsp3) is 0.917. The number of alkyl halides is 1. The van der Waals surface area contributed by atoms with Gasteiger partial charge in [0.15, 0.2) is 0 Å². The van der Waals surface area contributed by atoms with Gasteiger partial charge in [-0.1, -0.05) is 19.3 Å². The van der Waals surface area contributed by atoms with Crippen LogP contribution in [0.4, 0.5) is 0 Å². The molecule has 1 saturated carbocycles. The number of rotatable bonds is 3. The van der Waals surface area contributed by atoms with E-state index in [1.165, 1.54) is 19.3 Å². The van der Waals surface area contributed by atoms with Crippen molar-refractivity contribution in [2.75, 3.05) is 5.88 Å². The van der Waals surface area contributed by atoms with Crippen molar-refractivity contribution in [1.82, 2.24) is 5.32 Å². The summed E-state index contributed by atoms with van der Waals surface area (Å²) < 4.78 is 0. The molecule has 0 unspecified atom stereocenters. The van der Waals surface area contributed by atoms with Crippen molar-refractivity contribution < 1.29 is 4.79 Å². The van der Waals surface area contributed by atoms with Crippen LogP contribution in [0.3, 0.4) is 0 Å². The van der Waals surface area contributed by atoms with Gasteiger partial charge in [-0.3, -0.25) is 4.79 Å². The molecule has 1 N–H and O–H groups in total. The van der Waals surface area contributed by atoms with E-state index in [1.807, 2.05) is 13.8 Å². The van der Waals surface area contributed by atoms with Gasteiger partial charge in [-0.2, -0.15) is 0 Å². The van der Waals surface area contributed by atoms with Crippen LogP contribution < -0.4 is 5.32 Å². The number of nitrogens with one attached hydrogen (secondary N) is 1. The number of carbonyl (C=O) groups is 1. The molecule has 1 aliphatic rings. The zero-order valence-electron chi connectivity index (χ0n) is 10.0. The molecule has 0 aromatic heterocycles. The average molecular weight is 232 g/mol. The van der Waals surface area contributed by atoms with Crippen LogP contribution in [0.1, 0.15) is 52.9 Å². The topological polar surface area (TPSA) is 29.1 Å². The maximum Gasteiger partial charge on any atom is 0.227 e. The molecule has 0 aliphatic heterocycles. The van der Waals surface area contributed by atoms with Crippen LogP contribution in [0.2, 0.25) is 0 Å². The fourth-order valence-corrected chi connectivity index (χ4v) is 2.08. The largest absolute Gasteiger partial charge is 0.350 e. The first-order valence-corrected chi connectivity index (χ1v) is 6.32. The van der Waals surface area contributed by atoms with Crippen molar-refractivity contribution in [1.29, 1.82) is 0 Å². The molecule has 0 saturated heterocycles. The van der Waals surface area contributed by atoms with Gasteiger partial charge in [-0.15, -0.1) is 11.6 Å². The maximum absolute atomic E-state index is 12.0. The standard InChI is InChI=1S/C12H22ClNO/c1-11(2,9-13)10(15)14-12(3)7-5-4-6-8-12/h4-9H2,1-3H3,(H,14,15). The zero-order valence-corrected chi connectivity index (χ0v) is 10.8. The minimum Gasteiger partial charge on any atom is -0.350 e. The van der Waals surface area contributed by atoms with Crippen LogP contribution >= 0.6 is 11.6 Å². The Morgan fingerprint density at radius 1 is 1.33 bits per heavy atom. The Labute approximate surface area is 97.8 Å². The summed E-state index contributed by atoms with van der Waals surface area (Å²) in [6.45, 7) is 5.93. The van der Waals surface area contributed by atoms with Crippen LogP contribution in [0.15, 0.2) is 0 Å². The molecule has 15 heavy (non-hydrogen) atoms. The zero-order chi connectivity index (χ0) is 11.5. The predicted octanol–water partition coefficient (Wildman–Crippen LogP) is 3.09. The molecule has 0 atom stereocenters. The summed E-state index contributed by atoms with van der Waals surface area (Å²) in [5.74, 6) is 0.455. The van der Waals surface area contributed by atoms with Gasteiger partial charge in [0.1, 0.15) is 0 Å². The molecule has 1 amide bonds. The summed E-state index contributed by atoms with van der Waals surface area (Å²) in [6.07, 6.45) is 5.93. The van der Waals surface area contributed by atoms with Crippen LogP contribution in [0.5, 0.6) is 0 Å². The molecule has 88 valence electrons. The Bertz CT molecular complexity index is 232. The van der Waals surface area contributed by atoms with E-state index in [2.05, 4.69) is 12.2 Å². The van der Waals surface area contributed by atoms with E-state index >= 15 is 0 Å². The van der Waals surface area contributed by atoms with Gasteiger partial charge in [0.25, 0.3) is 0 Å². The smallest absolute Gasteiger partial charge is 0.227 e. The lowest BCUT2D eigenvalue weighted by atomic mass is 9.82. The van der Waals surface area contributed by atoms with Crippen molar-refractivity contribution in [3.05, 3.63) is 0 Å². The van der Waals surface area contributed by atoms with E-state index < -0.39 is 5.41 Å². The highest BCUT2D eigenvalue weighted by atomic mass is 35.5. The summed E-state index contributed by atoms with van der Waals surface area (Å²) in [7, 11) is 0. The molecule has 1 rings (SSSR count). The highest BCUT2D eigenvalue weighted by Gasteiger charge is 2.34. The quantitative estimate of drug-likeness (QED) is 0.744. The molecule has 1 aliphatic carbocycles. The molecule has 0 aromatic rings. The lowest BCUT2D eigenvalue weighted by molar-refractivity contribution is -0.130. The van der Waals surface area contributed by atoms with Gasteiger partial charge in [0, 0.05) is 11.4 Å². The number of hydrogen-bond donors (Lipinski definition) is 1. The predicted molar refractivity (Wildman–Crippen MR) is 64.1 cm³/mol. The summed E-state index contributed by atoms with van der Waals surface area (Å²) in [5.41, 5.74) is -0.458. The summed E-state index contributed by atoms with van der Waals surface area (Å²) in [4.78, 5) is 12.0. The van der Waals surface area contributed by atoms with Crippen LogP contribution in [0, 0.1) is 5.41 Å². The normalized spacial score (nSPS) is 21.1. The van der Waals surface area contributed by atoms with Gasteiger partial charge in [0.05, 0.1) is 5.41 Å². The van der Waals surface area contributed by atoms with Gasteiger partial charge in [-0.25, -0.2) is 0 Å². The number of halogens is 1. The first-order chi connectivity index (χ1) is 6.90. The monoisotopic (exact) mass is 231 g/mol. The third-order valence-corrected chi connectivity index (χ3v) is 3.99. The maximum atomic E-state index is 12.0. The Hall–Kier alpha value is -0.240. The lowest BCUT2D eigenvalue weighted by Crippen LogP contribution is -2.52. The number of amides is 1. The number of carbonyl (C=O) groups excluding carboxylic acids is 1. The fourth-order valence-electron chi connectivity index (χ4n) is 1.96. The molecule has 0 aromatic carbocycles. The first-order valence-electron chi connectivity index (χ1n) is 5.78. The van der Waals surface area contributed by atoms with Crippen molar-refractivity contribution in [2.45, 2.75) is 58.4 Å². The second kappa shape index (κ2) is 4.73. The van der Waals surface area contributed by atoms with E-state index in [4.69, 9.17) is 11.6 Å². The van der Waals surface area contributed by atoms with Crippen LogP contribution in [-0.4, -0.2) is 17.3 Å². The molecule has 2 nitrogen and oxygen atoms in total. The Balaban J connectivity index is 2.56. The minimum absolute atomic E-state index is 0.00133. The molecule has 0 bridgehead atoms. The van der Waals surface area contributed by atoms with E-state index in [0.717, 1.165) is 12.8 Å². The van der Waals surface area contributed by atoms with E-state index in [1.54, 1.807) is 0 Å². The molecule has 0 heterocycles. The number of hydrogen-bond acceptors (Lipinski definition) is 1. The highest BCUT2D eigenvalue weighted by Crippen LogP contribution is 2.29. The van der Waals surface area contributed by atoms with Crippen molar-refractivity contribution in [3.63, 3.8) is 0 Å². The Morgan fingerprint density at radius 3 is 2.33 bits per heavy atom. The average Bonchev–Trinajstić information content (AvgIpc) is 2.18. The third kappa shape index (κ3) is 3.37. The summed E-state index contributed by atoms with van der Waals surface area (Å²) in [5, 5.41) is 3.16. The van der Waals surface area contributed by atoms with Gasteiger partial charge in [0.2, 0.25) is 5.91 Å². The molecule has 0 spiro atoms. The Kier molecular flexibility index (Phi) is 4.05. The SMILES string of the molecule is CC1(NC(=O)C(C)(C)CCl)CCCCC1. The van der Waals surface area contributed by atoms with E-state index in [-0.39, 0.29) is 11.4 Å². The molecule has 3 heteroatoms. The van der Waals surface area contributed by atoms with Crippen LogP contribution in [0.25, 0.3) is 0 Å². The summed E-state index contributed by atoms with van der Waals surface area (Å²) in [6, 6.07) is 0. The van der Waals surface area contributed by atoms with Gasteiger partial charge in [-0.05, 0) is 33.6 Å². The molecular weight excluding hydrogens is 210 g/mol. The minimum atomic E-state index is -0.456. The Morgan fingerprint density at radius 2 is 1.87 bits per heavy atom. The second-order valence-electron chi connectivity index (χ2n) is 5.59. The molecule has 1 fully saturated rings. The van der Waals surface area contributed by atoms with Crippen molar-refractivity contribution in [3.8, 4) is 0 Å². The second-order valence-corrected chi connectivity index (χ2v) is 5.86. The summed E-state index contributed by atoms with van der Waals surface area (Å²) >= 11 is 5.79. The van der Waals surface area contributed by atoms with Gasteiger partial charge >= 0.3 is 0 Å². The van der Waals surface area contributed by atoms with Crippen molar-refractivity contribution >= 4 is 17.5 Å². The van der Waals surface area contributed by atoms with Crippen LogP contribution in [-0.2, 0) is 4.79 Å².